The Bertz CT molecular complexity index is 267. The van der Waals surface area contributed by atoms with E-state index in [-0.39, 0.29) is 6.54 Å². The summed E-state index contributed by atoms with van der Waals surface area (Å²) in [6, 6.07) is 0. The summed E-state index contributed by atoms with van der Waals surface area (Å²) in [5.41, 5.74) is 6.32. The van der Waals surface area contributed by atoms with Gasteiger partial charge in [-0.15, -0.1) is 0 Å². The molecule has 0 radical (unpaired) electrons. The normalized spacial score (nSPS) is 12.5. The third kappa shape index (κ3) is 5.27. The second-order valence-corrected chi connectivity index (χ2v) is 2.74. The van der Waals surface area contributed by atoms with Gasteiger partial charge >= 0.3 is 0 Å². The quantitative estimate of drug-likeness (QED) is 0.415. The molecule has 0 saturated heterocycles. The Morgan fingerprint density at radius 2 is 2.21 bits per heavy atom. The first-order valence-corrected chi connectivity index (χ1v) is 4.28. The molecule has 78 valence electrons. The van der Waals surface area contributed by atoms with Gasteiger partial charge in [-0.3, -0.25) is 4.99 Å². The summed E-state index contributed by atoms with van der Waals surface area (Å²) < 4.78 is 5.28. The third-order valence-corrected chi connectivity index (χ3v) is 1.32. The fraction of sp³-hybridized carbons (Fsp3) is 0.400. The summed E-state index contributed by atoms with van der Waals surface area (Å²) in [6.45, 7) is 9.87. The van der Waals surface area contributed by atoms with E-state index in [1.807, 2.05) is 6.92 Å². The summed E-state index contributed by atoms with van der Waals surface area (Å²) in [5.74, 6) is 0.945. The van der Waals surface area contributed by atoms with Gasteiger partial charge in [0.15, 0.2) is 0 Å². The molecule has 0 aromatic carbocycles. The largest absolute Gasteiger partial charge is 0.473 e. The first-order chi connectivity index (χ1) is 6.63. The highest BCUT2D eigenvalue weighted by Crippen LogP contribution is 1.93. The van der Waals surface area contributed by atoms with Crippen molar-refractivity contribution in [2.45, 2.75) is 6.92 Å². The summed E-state index contributed by atoms with van der Waals surface area (Å²) in [6.07, 6.45) is 1.52. The van der Waals surface area contributed by atoms with E-state index in [0.29, 0.717) is 18.3 Å². The molecule has 0 unspecified atom stereocenters. The highest BCUT2D eigenvalue weighted by Gasteiger charge is 1.97. The van der Waals surface area contributed by atoms with Crippen molar-refractivity contribution in [2.75, 3.05) is 20.2 Å². The molecule has 0 atom stereocenters. The molecule has 0 aliphatic rings. The van der Waals surface area contributed by atoms with Gasteiger partial charge in [0, 0.05) is 7.05 Å². The molecule has 0 aromatic rings. The van der Waals surface area contributed by atoms with E-state index in [1.54, 1.807) is 7.05 Å². The summed E-state index contributed by atoms with van der Waals surface area (Å²) in [7, 11) is 1.63. The molecule has 0 spiro atoms. The van der Waals surface area contributed by atoms with E-state index in [0.717, 1.165) is 5.57 Å². The first-order valence-electron chi connectivity index (χ1n) is 4.28. The molecule has 0 rings (SSSR count). The molecule has 0 aliphatic carbocycles. The van der Waals surface area contributed by atoms with Crippen molar-refractivity contribution in [3.63, 3.8) is 0 Å². The molecule has 0 fully saturated rings. The molecule has 4 nitrogen and oxygen atoms in total. The number of ether oxygens (including phenoxy) is 1. The van der Waals surface area contributed by atoms with Crippen molar-refractivity contribution in [3.05, 3.63) is 24.8 Å². The van der Waals surface area contributed by atoms with Gasteiger partial charge in [0.1, 0.15) is 12.4 Å². The van der Waals surface area contributed by atoms with E-state index < -0.39 is 0 Å². The van der Waals surface area contributed by atoms with Crippen molar-refractivity contribution in [1.29, 1.82) is 0 Å². The van der Waals surface area contributed by atoms with Crippen LogP contribution in [-0.2, 0) is 4.74 Å². The second kappa shape index (κ2) is 7.03. The highest BCUT2D eigenvalue weighted by molar-refractivity contribution is 5.99. The minimum Gasteiger partial charge on any atom is -0.473 e. The number of hydrogen-bond donors (Lipinski definition) is 1. The van der Waals surface area contributed by atoms with Gasteiger partial charge in [0.25, 0.3) is 0 Å². The minimum absolute atomic E-state index is 0.282. The fourth-order valence-electron chi connectivity index (χ4n) is 0.648. The molecule has 0 heterocycles. The Morgan fingerprint density at radius 3 is 2.57 bits per heavy atom. The maximum absolute atomic E-state index is 5.40. The van der Waals surface area contributed by atoms with Crippen LogP contribution in [0.4, 0.5) is 0 Å². The van der Waals surface area contributed by atoms with Crippen LogP contribution in [0.2, 0.25) is 0 Å². The summed E-state index contributed by atoms with van der Waals surface area (Å²) in [4.78, 5) is 7.94. The third-order valence-electron chi connectivity index (χ3n) is 1.32. The predicted molar refractivity (Wildman–Crippen MR) is 60.8 cm³/mol. The highest BCUT2D eigenvalue weighted by atomic mass is 16.5. The van der Waals surface area contributed by atoms with Crippen molar-refractivity contribution < 1.29 is 4.74 Å². The van der Waals surface area contributed by atoms with Crippen LogP contribution >= 0.6 is 0 Å². The topological polar surface area (TPSA) is 60.0 Å². The molecule has 2 N–H and O–H groups in total. The summed E-state index contributed by atoms with van der Waals surface area (Å²) in [5, 5.41) is 0. The predicted octanol–water partition coefficient (Wildman–Crippen LogP) is 1.15. The van der Waals surface area contributed by atoms with Crippen LogP contribution in [0, 0.1) is 0 Å². The molecular formula is C10H17N3O. The van der Waals surface area contributed by atoms with Crippen molar-refractivity contribution >= 4 is 11.7 Å². The standard InChI is InChI=1S/C10H17N3O/c1-5-10(14-7-8(2)3)13-9(6-11)12-4/h5H,1-2,6-7,11H2,3-4H3/b12-9-,13-10+. The van der Waals surface area contributed by atoms with E-state index in [4.69, 9.17) is 10.5 Å². The average Bonchev–Trinajstić information content (AvgIpc) is 2.18. The van der Waals surface area contributed by atoms with Gasteiger partial charge in [-0.2, -0.15) is 4.99 Å². The first kappa shape index (κ1) is 12.6. The molecule has 14 heavy (non-hydrogen) atoms. The lowest BCUT2D eigenvalue weighted by Gasteiger charge is -2.05. The molecule has 0 amide bonds. The van der Waals surface area contributed by atoms with Crippen molar-refractivity contribution in [3.8, 4) is 0 Å². The van der Waals surface area contributed by atoms with Crippen LogP contribution < -0.4 is 5.73 Å². The number of nitrogens with two attached hydrogens (primary N) is 1. The minimum atomic E-state index is 0.282. The molecule has 0 aromatic heterocycles. The number of hydrogen-bond acceptors (Lipinski definition) is 3. The summed E-state index contributed by atoms with van der Waals surface area (Å²) >= 11 is 0. The molecule has 0 saturated carbocycles. The van der Waals surface area contributed by atoms with Crippen LogP contribution in [0.5, 0.6) is 0 Å². The van der Waals surface area contributed by atoms with Crippen LogP contribution in [0.15, 0.2) is 34.8 Å². The number of nitrogens with zero attached hydrogens (tertiary/aromatic N) is 2. The lowest BCUT2D eigenvalue weighted by Crippen LogP contribution is -2.15. The number of rotatable bonds is 4. The fourth-order valence-corrected chi connectivity index (χ4v) is 0.648. The zero-order chi connectivity index (χ0) is 11.0. The molecule has 0 aliphatic heterocycles. The Hall–Kier alpha value is -1.42. The zero-order valence-corrected chi connectivity index (χ0v) is 8.79. The van der Waals surface area contributed by atoms with E-state index in [9.17, 15) is 0 Å². The molecule has 0 bridgehead atoms. The molecular weight excluding hydrogens is 178 g/mol. The lowest BCUT2D eigenvalue weighted by atomic mass is 10.4. The van der Waals surface area contributed by atoms with Gasteiger partial charge in [0.2, 0.25) is 5.90 Å². The number of aliphatic imine (C=N–C) groups is 2. The SMILES string of the molecule is C=C/C(=N\C(CN)=N/C)OCC(=C)C. The van der Waals surface area contributed by atoms with E-state index >= 15 is 0 Å². The Balaban J connectivity index is 4.38. The van der Waals surface area contributed by atoms with Crippen LogP contribution in [0.1, 0.15) is 6.92 Å². The van der Waals surface area contributed by atoms with Gasteiger partial charge in [0.05, 0.1) is 6.54 Å². The van der Waals surface area contributed by atoms with Gasteiger partial charge in [-0.1, -0.05) is 13.2 Å². The van der Waals surface area contributed by atoms with Gasteiger partial charge < -0.3 is 10.5 Å². The van der Waals surface area contributed by atoms with E-state index in [2.05, 4.69) is 23.1 Å². The Labute approximate surface area is 84.9 Å². The Morgan fingerprint density at radius 1 is 1.57 bits per heavy atom. The maximum atomic E-state index is 5.40. The lowest BCUT2D eigenvalue weighted by molar-refractivity contribution is 0.343. The van der Waals surface area contributed by atoms with Crippen LogP contribution in [-0.4, -0.2) is 31.9 Å². The zero-order valence-electron chi connectivity index (χ0n) is 8.79. The van der Waals surface area contributed by atoms with Crippen molar-refractivity contribution in [2.24, 2.45) is 15.7 Å². The van der Waals surface area contributed by atoms with E-state index in [1.165, 1.54) is 6.08 Å². The second-order valence-electron chi connectivity index (χ2n) is 2.74. The van der Waals surface area contributed by atoms with Gasteiger partial charge in [-0.05, 0) is 18.6 Å². The average molecular weight is 195 g/mol. The monoisotopic (exact) mass is 195 g/mol. The molecule has 4 heteroatoms. The van der Waals surface area contributed by atoms with Gasteiger partial charge in [-0.25, -0.2) is 0 Å². The Kier molecular flexibility index (Phi) is 6.32. The smallest absolute Gasteiger partial charge is 0.214 e. The van der Waals surface area contributed by atoms with Crippen LogP contribution in [0.3, 0.4) is 0 Å². The maximum Gasteiger partial charge on any atom is 0.214 e. The van der Waals surface area contributed by atoms with Crippen LogP contribution in [0.25, 0.3) is 0 Å². The number of amidine groups is 1. The van der Waals surface area contributed by atoms with Crippen molar-refractivity contribution in [1.82, 2.24) is 0 Å².